The summed E-state index contributed by atoms with van der Waals surface area (Å²) >= 11 is 1.35. The van der Waals surface area contributed by atoms with E-state index in [1.807, 2.05) is 0 Å². The molecule has 0 saturated carbocycles. The molecule has 0 aliphatic carbocycles. The molecule has 0 bridgehead atoms. The van der Waals surface area contributed by atoms with E-state index in [9.17, 15) is 9.59 Å². The topological polar surface area (TPSA) is 66.0 Å². The first kappa shape index (κ1) is 13.3. The lowest BCUT2D eigenvalue weighted by atomic mass is 10.4. The zero-order chi connectivity index (χ0) is 14.3. The van der Waals surface area contributed by atoms with Gasteiger partial charge >= 0.3 is 0 Å². The van der Waals surface area contributed by atoms with Gasteiger partial charge in [-0.05, 0) is 0 Å². The van der Waals surface area contributed by atoms with Crippen LogP contribution in [0.1, 0.15) is 9.67 Å². The van der Waals surface area contributed by atoms with E-state index in [0.29, 0.717) is 23.9 Å². The maximum absolute atomic E-state index is 12.3. The lowest BCUT2D eigenvalue weighted by Crippen LogP contribution is -2.37. The highest BCUT2D eigenvalue weighted by Crippen LogP contribution is 2.34. The monoisotopic (exact) mass is 296 g/mol. The van der Waals surface area contributed by atoms with Crippen molar-refractivity contribution in [3.8, 4) is 0 Å². The van der Waals surface area contributed by atoms with Crippen LogP contribution in [0.4, 0.5) is 10.9 Å². The summed E-state index contributed by atoms with van der Waals surface area (Å²) in [5.41, 5.74) is 0. The summed E-state index contributed by atoms with van der Waals surface area (Å²) in [6.07, 6.45) is 0. The summed E-state index contributed by atoms with van der Waals surface area (Å²) in [6, 6.07) is 0. The third-order valence-electron chi connectivity index (χ3n) is 3.48. The van der Waals surface area contributed by atoms with E-state index in [1.165, 1.54) is 21.1 Å². The number of ether oxygens (including phenoxy) is 1. The molecule has 3 heterocycles. The number of carbonyl (C=O) groups excluding carboxylic acids is 2. The molecule has 3 rings (SSSR count). The number of morpholine rings is 1. The van der Waals surface area contributed by atoms with E-state index in [2.05, 4.69) is 9.88 Å². The third-order valence-corrected chi connectivity index (χ3v) is 4.58. The Morgan fingerprint density at radius 2 is 1.90 bits per heavy atom. The molecule has 0 radical (unpaired) electrons. The number of aromatic nitrogens is 1. The molecule has 1 fully saturated rings. The van der Waals surface area contributed by atoms with Gasteiger partial charge in [0.25, 0.3) is 5.91 Å². The van der Waals surface area contributed by atoms with Crippen LogP contribution in [-0.4, -0.2) is 68.6 Å². The average Bonchev–Trinajstić information content (AvgIpc) is 2.88. The molecule has 2 aliphatic heterocycles. The molecular weight excluding hydrogens is 280 g/mol. The Morgan fingerprint density at radius 1 is 1.20 bits per heavy atom. The molecule has 1 saturated heterocycles. The van der Waals surface area contributed by atoms with E-state index >= 15 is 0 Å². The van der Waals surface area contributed by atoms with E-state index in [-0.39, 0.29) is 18.4 Å². The summed E-state index contributed by atoms with van der Waals surface area (Å²) in [5, 5.41) is 0.779. The Morgan fingerprint density at radius 3 is 2.60 bits per heavy atom. The fourth-order valence-corrected chi connectivity index (χ4v) is 3.37. The standard InChI is InChI=1S/C12H16N4O3S/c1-14-7-8(17)15(2)10-9(11(14)18)20-12(13-10)16-3-5-19-6-4-16/h3-7H2,1-2H3. The van der Waals surface area contributed by atoms with E-state index < -0.39 is 0 Å². The first-order valence-electron chi connectivity index (χ1n) is 6.43. The van der Waals surface area contributed by atoms with Gasteiger partial charge < -0.3 is 14.5 Å². The Labute approximate surface area is 120 Å². The van der Waals surface area contributed by atoms with Gasteiger partial charge in [-0.1, -0.05) is 11.3 Å². The fraction of sp³-hybridized carbons (Fsp3) is 0.583. The SMILES string of the molecule is CN1CC(=O)N(C)c2nc(N3CCOCC3)sc2C1=O. The van der Waals surface area contributed by atoms with Crippen molar-refractivity contribution in [1.29, 1.82) is 0 Å². The van der Waals surface area contributed by atoms with Gasteiger partial charge in [-0.15, -0.1) is 0 Å². The predicted octanol–water partition coefficient (Wildman–Crippen LogP) is 0.0281. The van der Waals surface area contributed by atoms with Crippen LogP contribution in [0, 0.1) is 0 Å². The Bertz CT molecular complexity index is 553. The number of rotatable bonds is 1. The van der Waals surface area contributed by atoms with Crippen molar-refractivity contribution in [2.45, 2.75) is 0 Å². The van der Waals surface area contributed by atoms with Crippen molar-refractivity contribution in [2.24, 2.45) is 0 Å². The van der Waals surface area contributed by atoms with Crippen LogP contribution in [0.15, 0.2) is 0 Å². The van der Waals surface area contributed by atoms with Crippen LogP contribution in [0.3, 0.4) is 0 Å². The summed E-state index contributed by atoms with van der Waals surface area (Å²) in [7, 11) is 3.30. The zero-order valence-electron chi connectivity index (χ0n) is 11.5. The smallest absolute Gasteiger partial charge is 0.268 e. The average molecular weight is 296 g/mol. The molecule has 7 nitrogen and oxygen atoms in total. The predicted molar refractivity (Wildman–Crippen MR) is 75.5 cm³/mol. The number of carbonyl (C=O) groups is 2. The molecule has 0 atom stereocenters. The number of amides is 2. The van der Waals surface area contributed by atoms with Crippen LogP contribution in [0.5, 0.6) is 0 Å². The van der Waals surface area contributed by atoms with Crippen molar-refractivity contribution in [1.82, 2.24) is 9.88 Å². The molecule has 2 aliphatic rings. The second-order valence-corrected chi connectivity index (χ2v) is 5.84. The van der Waals surface area contributed by atoms with Crippen molar-refractivity contribution in [3.63, 3.8) is 0 Å². The highest BCUT2D eigenvalue weighted by Gasteiger charge is 2.32. The van der Waals surface area contributed by atoms with Crippen molar-refractivity contribution < 1.29 is 14.3 Å². The zero-order valence-corrected chi connectivity index (χ0v) is 12.3. The molecule has 0 aromatic carbocycles. The van der Waals surface area contributed by atoms with Crippen molar-refractivity contribution in [3.05, 3.63) is 4.88 Å². The van der Waals surface area contributed by atoms with E-state index in [4.69, 9.17) is 4.74 Å². The number of likely N-dealkylation sites (N-methyl/N-ethyl adjacent to an activating group) is 2. The molecular formula is C12H16N4O3S. The lowest BCUT2D eigenvalue weighted by molar-refractivity contribution is -0.118. The lowest BCUT2D eigenvalue weighted by Gasteiger charge is -2.26. The minimum atomic E-state index is -0.144. The third kappa shape index (κ3) is 2.14. The van der Waals surface area contributed by atoms with Gasteiger partial charge in [0, 0.05) is 27.2 Å². The molecule has 0 unspecified atom stereocenters. The Hall–Kier alpha value is -1.67. The summed E-state index contributed by atoms with van der Waals surface area (Å²) in [6.45, 7) is 2.92. The van der Waals surface area contributed by atoms with Gasteiger partial charge in [0.15, 0.2) is 10.9 Å². The Balaban J connectivity index is 1.99. The normalized spacial score (nSPS) is 20.2. The first-order chi connectivity index (χ1) is 9.58. The maximum Gasteiger partial charge on any atom is 0.268 e. The maximum atomic E-state index is 12.3. The molecule has 0 spiro atoms. The number of nitrogens with zero attached hydrogens (tertiary/aromatic N) is 4. The number of anilines is 2. The number of hydrogen-bond donors (Lipinski definition) is 0. The van der Waals surface area contributed by atoms with Crippen LogP contribution in [-0.2, 0) is 9.53 Å². The number of fused-ring (bicyclic) bond motifs is 1. The largest absolute Gasteiger partial charge is 0.378 e. The number of hydrogen-bond acceptors (Lipinski definition) is 6. The van der Waals surface area contributed by atoms with Crippen LogP contribution < -0.4 is 9.80 Å². The molecule has 8 heteroatoms. The highest BCUT2D eigenvalue weighted by molar-refractivity contribution is 7.18. The summed E-state index contributed by atoms with van der Waals surface area (Å²) in [4.78, 5) is 34.3. The second-order valence-electron chi connectivity index (χ2n) is 4.86. The van der Waals surface area contributed by atoms with Crippen molar-refractivity contribution in [2.75, 3.05) is 56.7 Å². The molecule has 0 N–H and O–H groups in total. The van der Waals surface area contributed by atoms with Gasteiger partial charge in [0.1, 0.15) is 11.4 Å². The van der Waals surface area contributed by atoms with Crippen LogP contribution >= 0.6 is 11.3 Å². The molecule has 2 amide bonds. The minimum absolute atomic E-state index is 0.0886. The molecule has 20 heavy (non-hydrogen) atoms. The van der Waals surface area contributed by atoms with Gasteiger partial charge in [0.05, 0.1) is 13.2 Å². The number of thiazole rings is 1. The van der Waals surface area contributed by atoms with Crippen LogP contribution in [0.2, 0.25) is 0 Å². The van der Waals surface area contributed by atoms with Crippen molar-refractivity contribution >= 4 is 34.1 Å². The quantitative estimate of drug-likeness (QED) is 0.731. The fourth-order valence-electron chi connectivity index (χ4n) is 2.23. The molecule has 108 valence electrons. The van der Waals surface area contributed by atoms with E-state index in [1.54, 1.807) is 14.1 Å². The van der Waals surface area contributed by atoms with Gasteiger partial charge in [0.2, 0.25) is 5.91 Å². The second kappa shape index (κ2) is 5.02. The summed E-state index contributed by atoms with van der Waals surface area (Å²) in [5.74, 6) is 0.198. The van der Waals surface area contributed by atoms with Gasteiger partial charge in [-0.3, -0.25) is 14.5 Å². The highest BCUT2D eigenvalue weighted by atomic mass is 32.1. The van der Waals surface area contributed by atoms with Gasteiger partial charge in [-0.25, -0.2) is 4.98 Å². The van der Waals surface area contributed by atoms with E-state index in [0.717, 1.165) is 18.2 Å². The summed E-state index contributed by atoms with van der Waals surface area (Å²) < 4.78 is 5.32. The van der Waals surface area contributed by atoms with Gasteiger partial charge in [-0.2, -0.15) is 0 Å². The molecule has 1 aromatic rings. The minimum Gasteiger partial charge on any atom is -0.378 e. The first-order valence-corrected chi connectivity index (χ1v) is 7.25. The molecule has 1 aromatic heterocycles. The Kier molecular flexibility index (Phi) is 3.35. The van der Waals surface area contributed by atoms with Crippen LogP contribution in [0.25, 0.3) is 0 Å².